The maximum atomic E-state index is 15.2. The zero-order valence-corrected chi connectivity index (χ0v) is 23.4. The number of pyridine rings is 1. The molecule has 5 aromatic rings. The molecule has 1 aromatic carbocycles. The lowest BCUT2D eigenvalue weighted by molar-refractivity contribution is 0.102. The Balaban J connectivity index is 1.53. The molecule has 0 aliphatic heterocycles. The van der Waals surface area contributed by atoms with Crippen molar-refractivity contribution < 1.29 is 14.3 Å². The van der Waals surface area contributed by atoms with Crippen LogP contribution in [0.25, 0.3) is 27.8 Å². The van der Waals surface area contributed by atoms with Crippen LogP contribution >= 0.6 is 0 Å². The van der Waals surface area contributed by atoms with Crippen LogP contribution in [-0.4, -0.2) is 46.2 Å². The van der Waals surface area contributed by atoms with Gasteiger partial charge in [0.05, 0.1) is 47.5 Å². The molecule has 0 radical (unpaired) electrons. The van der Waals surface area contributed by atoms with E-state index in [1.807, 2.05) is 20.8 Å². The Morgan fingerprint density at radius 3 is 2.61 bits per heavy atom. The van der Waals surface area contributed by atoms with Gasteiger partial charge in [0, 0.05) is 28.4 Å². The van der Waals surface area contributed by atoms with Gasteiger partial charge in [-0.25, -0.2) is 9.37 Å². The van der Waals surface area contributed by atoms with Gasteiger partial charge in [-0.1, -0.05) is 34.6 Å². The summed E-state index contributed by atoms with van der Waals surface area (Å²) in [6.07, 6.45) is 6.52. The van der Waals surface area contributed by atoms with E-state index in [1.54, 1.807) is 12.3 Å². The van der Waals surface area contributed by atoms with Crippen LogP contribution in [0.2, 0.25) is 0 Å². The number of aromatic amines is 2. The summed E-state index contributed by atoms with van der Waals surface area (Å²) in [5.41, 5.74) is 2.35. The third-order valence-electron chi connectivity index (χ3n) is 6.83. The van der Waals surface area contributed by atoms with E-state index in [2.05, 4.69) is 49.6 Å². The SMILES string of the molecule is CC(C)Cc1[nH]ncc1-c1[nH]ncc1C(=O)Nc1ccnc(-n2ncc3cc(C(C)(C)C)cc(F)c3c2=O)c1CO. The smallest absolute Gasteiger partial charge is 0.283 e. The van der Waals surface area contributed by atoms with Crippen molar-refractivity contribution in [3.05, 3.63) is 81.5 Å². The van der Waals surface area contributed by atoms with E-state index >= 15 is 4.39 Å². The number of aliphatic hydroxyl groups is 1. The summed E-state index contributed by atoms with van der Waals surface area (Å²) in [4.78, 5) is 31.1. The molecule has 0 spiro atoms. The molecule has 11 nitrogen and oxygen atoms in total. The molecule has 4 heterocycles. The normalized spacial score (nSPS) is 11.9. The molecular weight excluding hydrogens is 527 g/mol. The van der Waals surface area contributed by atoms with Crippen LogP contribution in [-0.2, 0) is 18.4 Å². The van der Waals surface area contributed by atoms with Gasteiger partial charge in [-0.3, -0.25) is 19.8 Å². The lowest BCUT2D eigenvalue weighted by atomic mass is 9.86. The fourth-order valence-electron chi connectivity index (χ4n) is 4.70. The van der Waals surface area contributed by atoms with Crippen molar-refractivity contribution in [2.24, 2.45) is 5.92 Å². The second-order valence-electron chi connectivity index (χ2n) is 11.3. The maximum Gasteiger partial charge on any atom is 0.283 e. The number of H-pyrrole nitrogens is 2. The van der Waals surface area contributed by atoms with Gasteiger partial charge in [0.25, 0.3) is 11.5 Å². The Labute approximate surface area is 234 Å². The molecule has 212 valence electrons. The van der Waals surface area contributed by atoms with Crippen LogP contribution < -0.4 is 10.9 Å². The monoisotopic (exact) mass is 558 g/mol. The van der Waals surface area contributed by atoms with Gasteiger partial charge in [0.15, 0.2) is 5.82 Å². The average molecular weight is 559 g/mol. The number of carbonyl (C=O) groups excluding carboxylic acids is 1. The number of rotatable bonds is 7. The number of nitrogens with zero attached hydrogens (tertiary/aromatic N) is 5. The van der Waals surface area contributed by atoms with E-state index in [4.69, 9.17) is 0 Å². The van der Waals surface area contributed by atoms with Crippen molar-refractivity contribution in [1.29, 1.82) is 0 Å². The van der Waals surface area contributed by atoms with Crippen molar-refractivity contribution in [3.8, 4) is 17.1 Å². The third kappa shape index (κ3) is 5.25. The molecule has 0 fully saturated rings. The summed E-state index contributed by atoms with van der Waals surface area (Å²) in [6, 6.07) is 4.58. The van der Waals surface area contributed by atoms with Crippen LogP contribution in [0.4, 0.5) is 10.1 Å². The summed E-state index contributed by atoms with van der Waals surface area (Å²) in [5, 5.41) is 31.5. The fraction of sp³-hybridized carbons (Fsp3) is 0.310. The molecule has 0 unspecified atom stereocenters. The van der Waals surface area contributed by atoms with Gasteiger partial charge in [0.2, 0.25) is 0 Å². The lowest BCUT2D eigenvalue weighted by Crippen LogP contribution is -2.25. The van der Waals surface area contributed by atoms with Gasteiger partial charge in [-0.15, -0.1) is 0 Å². The molecule has 0 aliphatic carbocycles. The number of aromatic nitrogens is 7. The standard InChI is InChI=1S/C29H31FN8O3/c1-15(2)8-23-18(12-32-36-23)25-19(13-33-37-25)27(40)35-22-6-7-31-26(20(22)14-39)38-28(41)24-16(11-34-38)9-17(10-21(24)30)29(3,4)5/h6-7,9-13,15,39H,8,14H2,1-5H3,(H,32,36)(H,33,37)(H,31,35,40). The van der Waals surface area contributed by atoms with Crippen LogP contribution in [0, 0.1) is 11.7 Å². The number of benzene rings is 1. The Morgan fingerprint density at radius 1 is 1.15 bits per heavy atom. The van der Waals surface area contributed by atoms with Gasteiger partial charge < -0.3 is 10.4 Å². The predicted molar refractivity (Wildman–Crippen MR) is 152 cm³/mol. The number of aliphatic hydroxyl groups excluding tert-OH is 1. The van der Waals surface area contributed by atoms with Crippen LogP contribution in [0.15, 0.2) is 47.8 Å². The topological polar surface area (TPSA) is 154 Å². The predicted octanol–water partition coefficient (Wildman–Crippen LogP) is 4.27. The third-order valence-corrected chi connectivity index (χ3v) is 6.83. The Bertz CT molecular complexity index is 1810. The molecule has 0 aliphatic rings. The van der Waals surface area contributed by atoms with Gasteiger partial charge in [-0.05, 0) is 41.5 Å². The molecule has 4 N–H and O–H groups in total. The minimum absolute atomic E-state index is 0.0297. The molecule has 0 bridgehead atoms. The molecule has 0 saturated carbocycles. The first-order valence-electron chi connectivity index (χ1n) is 13.2. The highest BCUT2D eigenvalue weighted by atomic mass is 19.1. The van der Waals surface area contributed by atoms with Crippen LogP contribution in [0.3, 0.4) is 0 Å². The number of amides is 1. The highest BCUT2D eigenvalue weighted by Crippen LogP contribution is 2.29. The van der Waals surface area contributed by atoms with Crippen molar-refractivity contribution >= 4 is 22.4 Å². The second-order valence-corrected chi connectivity index (χ2v) is 11.3. The number of hydrogen-bond acceptors (Lipinski definition) is 7. The van der Waals surface area contributed by atoms with E-state index in [0.717, 1.165) is 27.9 Å². The maximum absolute atomic E-state index is 15.2. The molecular formula is C29H31FN8O3. The molecule has 1 amide bonds. The molecule has 0 saturated heterocycles. The van der Waals surface area contributed by atoms with E-state index in [9.17, 15) is 14.7 Å². The quantitative estimate of drug-likeness (QED) is 0.232. The summed E-state index contributed by atoms with van der Waals surface area (Å²) >= 11 is 0. The van der Waals surface area contributed by atoms with Crippen molar-refractivity contribution in [3.63, 3.8) is 0 Å². The van der Waals surface area contributed by atoms with E-state index < -0.39 is 23.9 Å². The Hall–Kier alpha value is -4.71. The number of fused-ring (bicyclic) bond motifs is 1. The zero-order chi connectivity index (χ0) is 29.5. The van der Waals surface area contributed by atoms with E-state index in [0.29, 0.717) is 17.0 Å². The van der Waals surface area contributed by atoms with E-state index in [-0.39, 0.29) is 33.4 Å². The summed E-state index contributed by atoms with van der Waals surface area (Å²) < 4.78 is 16.1. The molecule has 12 heteroatoms. The van der Waals surface area contributed by atoms with Crippen LogP contribution in [0.5, 0.6) is 0 Å². The molecule has 0 atom stereocenters. The second kappa shape index (κ2) is 10.7. The van der Waals surface area contributed by atoms with E-state index in [1.165, 1.54) is 30.7 Å². The number of carbonyl (C=O) groups is 1. The number of halogens is 1. The first kappa shape index (κ1) is 27.8. The Kier molecular flexibility index (Phi) is 7.26. The molecule has 41 heavy (non-hydrogen) atoms. The summed E-state index contributed by atoms with van der Waals surface area (Å²) in [5.74, 6) is -0.847. The highest BCUT2D eigenvalue weighted by molar-refractivity contribution is 6.08. The minimum atomic E-state index is -0.735. The fourth-order valence-corrected chi connectivity index (χ4v) is 4.70. The Morgan fingerprint density at radius 2 is 1.90 bits per heavy atom. The number of anilines is 1. The van der Waals surface area contributed by atoms with Gasteiger partial charge in [-0.2, -0.15) is 20.0 Å². The first-order chi connectivity index (χ1) is 19.5. The van der Waals surface area contributed by atoms with Gasteiger partial charge in [0.1, 0.15) is 5.82 Å². The average Bonchev–Trinajstić information content (AvgIpc) is 3.57. The van der Waals surface area contributed by atoms with Crippen LogP contribution in [0.1, 0.15) is 61.8 Å². The largest absolute Gasteiger partial charge is 0.391 e. The summed E-state index contributed by atoms with van der Waals surface area (Å²) in [6.45, 7) is 9.43. The molecule has 4 aromatic heterocycles. The van der Waals surface area contributed by atoms with Crippen molar-refractivity contribution in [2.75, 3.05) is 5.32 Å². The number of hydrogen-bond donors (Lipinski definition) is 4. The zero-order valence-electron chi connectivity index (χ0n) is 23.4. The van der Waals surface area contributed by atoms with Gasteiger partial charge >= 0.3 is 0 Å². The minimum Gasteiger partial charge on any atom is -0.391 e. The van der Waals surface area contributed by atoms with Crippen molar-refractivity contribution in [2.45, 2.75) is 53.1 Å². The first-order valence-corrected chi connectivity index (χ1v) is 13.2. The number of nitrogens with one attached hydrogen (secondary N) is 3. The summed E-state index contributed by atoms with van der Waals surface area (Å²) in [7, 11) is 0. The van der Waals surface area contributed by atoms with Crippen molar-refractivity contribution in [1.82, 2.24) is 35.2 Å². The molecule has 5 rings (SSSR count). The lowest BCUT2D eigenvalue weighted by Gasteiger charge is -2.20. The highest BCUT2D eigenvalue weighted by Gasteiger charge is 2.23.